The largest absolute Gasteiger partial charge is 0.383 e. The van der Waals surface area contributed by atoms with Crippen LogP contribution in [0.4, 0.5) is 5.82 Å². The van der Waals surface area contributed by atoms with Gasteiger partial charge in [0.1, 0.15) is 5.82 Å². The second kappa shape index (κ2) is 5.93. The zero-order valence-electron chi connectivity index (χ0n) is 14.0. The monoisotopic (exact) mass is 291 g/mol. The topological polar surface area (TPSA) is 60.2 Å². The smallest absolute Gasteiger partial charge is 0.128 e. The Bertz CT molecular complexity index is 489. The van der Waals surface area contributed by atoms with Crippen LogP contribution in [-0.4, -0.2) is 24.7 Å². The SMILES string of the molecule is CNC(c1cc(C)cnc1N)C1(OC)CCC(C)(C)CC1. The van der Waals surface area contributed by atoms with E-state index in [-0.39, 0.29) is 11.6 Å². The Morgan fingerprint density at radius 1 is 1.29 bits per heavy atom. The number of aromatic nitrogens is 1. The van der Waals surface area contributed by atoms with Crippen LogP contribution >= 0.6 is 0 Å². The molecule has 1 atom stereocenters. The van der Waals surface area contributed by atoms with E-state index in [1.165, 1.54) is 0 Å². The molecule has 0 spiro atoms. The average molecular weight is 291 g/mol. The number of nitrogens with zero attached hydrogens (tertiary/aromatic N) is 1. The normalized spacial score (nSPS) is 22.0. The Labute approximate surface area is 128 Å². The lowest BCUT2D eigenvalue weighted by Gasteiger charge is -2.47. The van der Waals surface area contributed by atoms with Crippen LogP contribution in [0, 0.1) is 12.3 Å². The van der Waals surface area contributed by atoms with Crippen molar-refractivity contribution in [1.82, 2.24) is 10.3 Å². The van der Waals surface area contributed by atoms with Gasteiger partial charge in [-0.3, -0.25) is 0 Å². The molecule has 1 saturated carbocycles. The molecule has 1 aromatic rings. The van der Waals surface area contributed by atoms with Crippen molar-refractivity contribution in [3.05, 3.63) is 23.4 Å². The van der Waals surface area contributed by atoms with Crippen molar-refractivity contribution < 1.29 is 4.74 Å². The van der Waals surface area contributed by atoms with Crippen LogP contribution in [-0.2, 0) is 4.74 Å². The van der Waals surface area contributed by atoms with Gasteiger partial charge in [-0.15, -0.1) is 0 Å². The zero-order valence-corrected chi connectivity index (χ0v) is 14.0. The van der Waals surface area contributed by atoms with Gasteiger partial charge in [-0.05, 0) is 56.7 Å². The Balaban J connectivity index is 2.36. The van der Waals surface area contributed by atoms with E-state index in [2.05, 4.69) is 30.2 Å². The molecule has 3 N–H and O–H groups in total. The van der Waals surface area contributed by atoms with Gasteiger partial charge in [0, 0.05) is 18.9 Å². The van der Waals surface area contributed by atoms with Crippen LogP contribution < -0.4 is 11.1 Å². The maximum absolute atomic E-state index is 6.13. The number of ether oxygens (including phenoxy) is 1. The molecule has 4 nitrogen and oxygen atoms in total. The third kappa shape index (κ3) is 3.22. The predicted octanol–water partition coefficient (Wildman–Crippen LogP) is 3.22. The third-order valence-corrected chi connectivity index (χ3v) is 5.07. The number of hydrogen-bond donors (Lipinski definition) is 2. The number of rotatable bonds is 4. The summed E-state index contributed by atoms with van der Waals surface area (Å²) in [6.07, 6.45) is 6.22. The van der Waals surface area contributed by atoms with Gasteiger partial charge in [0.2, 0.25) is 0 Å². The van der Waals surface area contributed by atoms with Crippen LogP contribution in [0.5, 0.6) is 0 Å². The zero-order chi connectivity index (χ0) is 15.7. The van der Waals surface area contributed by atoms with Gasteiger partial charge in [-0.1, -0.05) is 13.8 Å². The highest BCUT2D eigenvalue weighted by molar-refractivity contribution is 5.44. The molecule has 0 aromatic carbocycles. The maximum Gasteiger partial charge on any atom is 0.128 e. The second-order valence-electron chi connectivity index (χ2n) is 7.14. The van der Waals surface area contributed by atoms with E-state index in [1.54, 1.807) is 0 Å². The molecule has 0 radical (unpaired) electrons. The van der Waals surface area contributed by atoms with Crippen molar-refractivity contribution in [2.24, 2.45) is 5.41 Å². The Morgan fingerprint density at radius 3 is 2.43 bits per heavy atom. The van der Waals surface area contributed by atoms with Crippen LogP contribution in [0.25, 0.3) is 0 Å². The Hall–Kier alpha value is -1.13. The number of pyridine rings is 1. The Morgan fingerprint density at radius 2 is 1.90 bits per heavy atom. The lowest BCUT2D eigenvalue weighted by atomic mass is 9.67. The van der Waals surface area contributed by atoms with E-state index in [9.17, 15) is 0 Å². The van der Waals surface area contributed by atoms with Crippen molar-refractivity contribution in [2.75, 3.05) is 19.9 Å². The first-order valence-corrected chi connectivity index (χ1v) is 7.78. The van der Waals surface area contributed by atoms with E-state index in [0.29, 0.717) is 11.2 Å². The molecule has 0 aliphatic heterocycles. The second-order valence-corrected chi connectivity index (χ2v) is 7.14. The number of methoxy groups -OCH3 is 1. The molecule has 1 aliphatic rings. The fourth-order valence-electron chi connectivity index (χ4n) is 3.50. The summed E-state index contributed by atoms with van der Waals surface area (Å²) in [5, 5.41) is 3.43. The molecule has 21 heavy (non-hydrogen) atoms. The van der Waals surface area contributed by atoms with E-state index in [4.69, 9.17) is 10.5 Å². The standard InChI is InChI=1S/C17H29N3O/c1-12-10-13(15(18)20-11-12)14(19-4)17(21-5)8-6-16(2,3)7-9-17/h10-11,14,19H,6-9H2,1-5H3,(H2,18,20). The predicted molar refractivity (Wildman–Crippen MR) is 87.2 cm³/mol. The molecule has 0 amide bonds. The minimum Gasteiger partial charge on any atom is -0.383 e. The van der Waals surface area contributed by atoms with Crippen molar-refractivity contribution in [1.29, 1.82) is 0 Å². The maximum atomic E-state index is 6.13. The van der Waals surface area contributed by atoms with Crippen LogP contribution in [0.3, 0.4) is 0 Å². The number of likely N-dealkylation sites (N-methyl/N-ethyl adjacent to an activating group) is 1. The first-order valence-electron chi connectivity index (χ1n) is 7.78. The first kappa shape index (κ1) is 16.2. The summed E-state index contributed by atoms with van der Waals surface area (Å²) in [6.45, 7) is 6.72. The average Bonchev–Trinajstić information content (AvgIpc) is 2.45. The number of aryl methyl sites for hydroxylation is 1. The van der Waals surface area contributed by atoms with Crippen LogP contribution in [0.2, 0.25) is 0 Å². The summed E-state index contributed by atoms with van der Waals surface area (Å²) < 4.78 is 6.03. The highest BCUT2D eigenvalue weighted by Gasteiger charge is 2.45. The highest BCUT2D eigenvalue weighted by atomic mass is 16.5. The minimum absolute atomic E-state index is 0.0750. The molecule has 0 bridgehead atoms. The summed E-state index contributed by atoms with van der Waals surface area (Å²) >= 11 is 0. The van der Waals surface area contributed by atoms with Gasteiger partial charge in [-0.25, -0.2) is 4.98 Å². The Kier molecular flexibility index (Phi) is 4.59. The molecule has 1 heterocycles. The number of nitrogens with two attached hydrogens (primary N) is 1. The molecular formula is C17H29N3O. The van der Waals surface area contributed by atoms with Gasteiger partial charge in [0.15, 0.2) is 0 Å². The van der Waals surface area contributed by atoms with Gasteiger partial charge < -0.3 is 15.8 Å². The lowest BCUT2D eigenvalue weighted by molar-refractivity contribution is -0.0861. The van der Waals surface area contributed by atoms with Crippen molar-refractivity contribution in [3.63, 3.8) is 0 Å². The lowest BCUT2D eigenvalue weighted by Crippen LogP contribution is -2.48. The molecule has 0 saturated heterocycles. The minimum atomic E-state index is -0.201. The number of anilines is 1. The van der Waals surface area contributed by atoms with E-state index >= 15 is 0 Å². The molecule has 1 unspecified atom stereocenters. The molecule has 118 valence electrons. The summed E-state index contributed by atoms with van der Waals surface area (Å²) in [5.74, 6) is 0.598. The summed E-state index contributed by atoms with van der Waals surface area (Å²) in [5.41, 5.74) is 8.51. The van der Waals surface area contributed by atoms with Crippen LogP contribution in [0.1, 0.15) is 56.7 Å². The van der Waals surface area contributed by atoms with Gasteiger partial charge in [0.05, 0.1) is 11.6 Å². The van der Waals surface area contributed by atoms with Crippen molar-refractivity contribution >= 4 is 5.82 Å². The van der Waals surface area contributed by atoms with Crippen molar-refractivity contribution in [2.45, 2.75) is 58.1 Å². The summed E-state index contributed by atoms with van der Waals surface area (Å²) in [6, 6.07) is 2.20. The van der Waals surface area contributed by atoms with Gasteiger partial charge in [0.25, 0.3) is 0 Å². The number of nitrogens with one attached hydrogen (secondary N) is 1. The fraction of sp³-hybridized carbons (Fsp3) is 0.706. The molecule has 4 heteroatoms. The first-order chi connectivity index (χ1) is 9.83. The van der Waals surface area contributed by atoms with E-state index in [0.717, 1.165) is 36.8 Å². The van der Waals surface area contributed by atoms with E-state index < -0.39 is 0 Å². The van der Waals surface area contributed by atoms with Gasteiger partial charge >= 0.3 is 0 Å². The molecule has 1 aliphatic carbocycles. The molecular weight excluding hydrogens is 262 g/mol. The fourth-order valence-corrected chi connectivity index (χ4v) is 3.50. The van der Waals surface area contributed by atoms with Crippen LogP contribution in [0.15, 0.2) is 12.3 Å². The third-order valence-electron chi connectivity index (χ3n) is 5.07. The quantitative estimate of drug-likeness (QED) is 0.894. The molecule has 1 aromatic heterocycles. The number of hydrogen-bond acceptors (Lipinski definition) is 4. The number of nitrogen functional groups attached to an aromatic ring is 1. The highest BCUT2D eigenvalue weighted by Crippen LogP contribution is 2.47. The molecule has 1 fully saturated rings. The van der Waals surface area contributed by atoms with Crippen molar-refractivity contribution in [3.8, 4) is 0 Å². The summed E-state index contributed by atoms with van der Waals surface area (Å²) in [7, 11) is 3.80. The summed E-state index contributed by atoms with van der Waals surface area (Å²) in [4.78, 5) is 4.32. The van der Waals surface area contributed by atoms with Gasteiger partial charge in [-0.2, -0.15) is 0 Å². The van der Waals surface area contributed by atoms with E-state index in [1.807, 2.05) is 27.3 Å². The molecule has 2 rings (SSSR count).